The van der Waals surface area contributed by atoms with Crippen LogP contribution in [-0.4, -0.2) is 35.4 Å². The summed E-state index contributed by atoms with van der Waals surface area (Å²) in [6.07, 6.45) is 4.12. The zero-order chi connectivity index (χ0) is 10.7. The molecule has 4 nitrogen and oxygen atoms in total. The molecule has 0 spiro atoms. The van der Waals surface area contributed by atoms with Crippen molar-refractivity contribution in [2.75, 3.05) is 12.3 Å². The van der Waals surface area contributed by atoms with Gasteiger partial charge in [0.1, 0.15) is 0 Å². The van der Waals surface area contributed by atoms with Crippen molar-refractivity contribution in [2.45, 2.75) is 37.0 Å². The Hall–Kier alpha value is -0.550. The maximum atomic E-state index is 11.3. The molecule has 2 unspecified atom stereocenters. The maximum Gasteiger partial charge on any atom is 0.244 e. The Morgan fingerprint density at radius 3 is 2.87 bits per heavy atom. The van der Waals surface area contributed by atoms with E-state index in [2.05, 4.69) is 10.6 Å². The van der Waals surface area contributed by atoms with Gasteiger partial charge in [0, 0.05) is 11.8 Å². The van der Waals surface area contributed by atoms with Crippen LogP contribution in [0.5, 0.6) is 0 Å². The standard InChI is InChI=1S/C10H16N2O2S/c13-9-5-8(10(14)12-9)11-6-7-3-1-2-4-15-7/h7-8,11H,1-6H2,(H,12,13,14). The fourth-order valence-corrected chi connectivity index (χ4v) is 3.21. The molecule has 5 heteroatoms. The first kappa shape index (κ1) is 11.0. The first-order valence-corrected chi connectivity index (χ1v) is 6.49. The van der Waals surface area contributed by atoms with Crippen molar-refractivity contribution < 1.29 is 9.59 Å². The Morgan fingerprint density at radius 2 is 2.27 bits per heavy atom. The average Bonchev–Trinajstić information content (AvgIpc) is 2.56. The molecule has 0 radical (unpaired) electrons. The van der Waals surface area contributed by atoms with Gasteiger partial charge in [-0.3, -0.25) is 14.9 Å². The second kappa shape index (κ2) is 4.99. The molecule has 0 aromatic rings. The Labute approximate surface area is 93.6 Å². The number of rotatable bonds is 3. The SMILES string of the molecule is O=C1CC(NCC2CCCCS2)C(=O)N1. The molecule has 2 aliphatic heterocycles. The van der Waals surface area contributed by atoms with Gasteiger partial charge in [-0.1, -0.05) is 6.42 Å². The Kier molecular flexibility index (Phi) is 3.64. The van der Waals surface area contributed by atoms with Crippen molar-refractivity contribution in [1.82, 2.24) is 10.6 Å². The van der Waals surface area contributed by atoms with Gasteiger partial charge in [-0.05, 0) is 18.6 Å². The van der Waals surface area contributed by atoms with Crippen LogP contribution in [0.15, 0.2) is 0 Å². The zero-order valence-corrected chi connectivity index (χ0v) is 9.44. The van der Waals surface area contributed by atoms with Gasteiger partial charge < -0.3 is 5.32 Å². The van der Waals surface area contributed by atoms with E-state index in [1.54, 1.807) is 0 Å². The minimum Gasteiger partial charge on any atom is -0.304 e. The minimum absolute atomic E-state index is 0.159. The summed E-state index contributed by atoms with van der Waals surface area (Å²) in [6, 6.07) is -0.292. The lowest BCUT2D eigenvalue weighted by Gasteiger charge is -2.22. The van der Waals surface area contributed by atoms with Crippen LogP contribution >= 0.6 is 11.8 Å². The van der Waals surface area contributed by atoms with E-state index in [4.69, 9.17) is 0 Å². The molecule has 2 amide bonds. The molecule has 2 heterocycles. The monoisotopic (exact) mass is 228 g/mol. The molecular formula is C10H16N2O2S. The molecule has 84 valence electrons. The summed E-state index contributed by atoms with van der Waals surface area (Å²) >= 11 is 1.97. The van der Waals surface area contributed by atoms with Gasteiger partial charge in [-0.15, -0.1) is 0 Å². The number of carbonyl (C=O) groups is 2. The lowest BCUT2D eigenvalue weighted by atomic mass is 10.1. The molecular weight excluding hydrogens is 212 g/mol. The molecule has 0 aromatic carbocycles. The van der Waals surface area contributed by atoms with Crippen LogP contribution in [0.25, 0.3) is 0 Å². The average molecular weight is 228 g/mol. The first-order chi connectivity index (χ1) is 7.25. The second-order valence-corrected chi connectivity index (χ2v) is 5.47. The van der Waals surface area contributed by atoms with Crippen LogP contribution in [-0.2, 0) is 9.59 Å². The molecule has 0 bridgehead atoms. The predicted octanol–water partition coefficient (Wildman–Crippen LogP) is 0.277. The van der Waals surface area contributed by atoms with Crippen molar-refractivity contribution in [1.29, 1.82) is 0 Å². The van der Waals surface area contributed by atoms with Crippen LogP contribution in [0.1, 0.15) is 25.7 Å². The summed E-state index contributed by atoms with van der Waals surface area (Å²) in [7, 11) is 0. The summed E-state index contributed by atoms with van der Waals surface area (Å²) in [6.45, 7) is 0.843. The van der Waals surface area contributed by atoms with Crippen LogP contribution in [0.2, 0.25) is 0 Å². The number of nitrogens with one attached hydrogen (secondary N) is 2. The molecule has 2 aliphatic rings. The van der Waals surface area contributed by atoms with E-state index in [9.17, 15) is 9.59 Å². The third-order valence-electron chi connectivity index (χ3n) is 2.83. The Balaban J connectivity index is 1.73. The third kappa shape index (κ3) is 2.95. The van der Waals surface area contributed by atoms with E-state index in [1.165, 1.54) is 25.0 Å². The fraction of sp³-hybridized carbons (Fsp3) is 0.800. The minimum atomic E-state index is -0.292. The summed E-state index contributed by atoms with van der Waals surface area (Å²) in [5, 5.41) is 6.10. The third-order valence-corrected chi connectivity index (χ3v) is 4.23. The highest BCUT2D eigenvalue weighted by Crippen LogP contribution is 2.24. The molecule has 0 aromatic heterocycles. The second-order valence-electron chi connectivity index (χ2n) is 4.07. The predicted molar refractivity (Wildman–Crippen MR) is 59.7 cm³/mol. The van der Waals surface area contributed by atoms with Gasteiger partial charge in [0.2, 0.25) is 11.8 Å². The largest absolute Gasteiger partial charge is 0.304 e. The van der Waals surface area contributed by atoms with Crippen molar-refractivity contribution in [3.8, 4) is 0 Å². The molecule has 0 saturated carbocycles. The number of amides is 2. The molecule has 15 heavy (non-hydrogen) atoms. The number of thioether (sulfide) groups is 1. The van der Waals surface area contributed by atoms with Crippen molar-refractivity contribution in [3.05, 3.63) is 0 Å². The molecule has 2 saturated heterocycles. The van der Waals surface area contributed by atoms with Crippen molar-refractivity contribution in [2.24, 2.45) is 0 Å². The number of hydrogen-bond acceptors (Lipinski definition) is 4. The van der Waals surface area contributed by atoms with E-state index in [0.717, 1.165) is 6.54 Å². The van der Waals surface area contributed by atoms with E-state index in [1.807, 2.05) is 11.8 Å². The van der Waals surface area contributed by atoms with Gasteiger partial charge in [-0.2, -0.15) is 11.8 Å². The van der Waals surface area contributed by atoms with E-state index < -0.39 is 0 Å². The molecule has 0 aliphatic carbocycles. The van der Waals surface area contributed by atoms with Gasteiger partial charge in [0.05, 0.1) is 12.5 Å². The summed E-state index contributed by atoms with van der Waals surface area (Å²) in [5.74, 6) is 0.900. The molecule has 2 atom stereocenters. The van der Waals surface area contributed by atoms with Crippen molar-refractivity contribution >= 4 is 23.6 Å². The van der Waals surface area contributed by atoms with Gasteiger partial charge >= 0.3 is 0 Å². The molecule has 2 fully saturated rings. The van der Waals surface area contributed by atoms with Crippen molar-refractivity contribution in [3.63, 3.8) is 0 Å². The highest BCUT2D eigenvalue weighted by Gasteiger charge is 2.30. The van der Waals surface area contributed by atoms with E-state index in [0.29, 0.717) is 11.7 Å². The quantitative estimate of drug-likeness (QED) is 0.681. The zero-order valence-electron chi connectivity index (χ0n) is 8.62. The Bertz CT molecular complexity index is 264. The number of imide groups is 1. The summed E-state index contributed by atoms with van der Waals surface area (Å²) < 4.78 is 0. The highest BCUT2D eigenvalue weighted by molar-refractivity contribution is 7.99. The van der Waals surface area contributed by atoms with Crippen LogP contribution in [0.3, 0.4) is 0 Å². The highest BCUT2D eigenvalue weighted by atomic mass is 32.2. The van der Waals surface area contributed by atoms with Crippen LogP contribution < -0.4 is 10.6 Å². The number of hydrogen-bond donors (Lipinski definition) is 2. The molecule has 2 N–H and O–H groups in total. The van der Waals surface area contributed by atoms with Gasteiger partial charge in [0.15, 0.2) is 0 Å². The van der Waals surface area contributed by atoms with E-state index >= 15 is 0 Å². The normalized spacial score (nSPS) is 31.7. The number of carbonyl (C=O) groups excluding carboxylic acids is 2. The summed E-state index contributed by atoms with van der Waals surface area (Å²) in [5.41, 5.74) is 0. The smallest absolute Gasteiger partial charge is 0.244 e. The van der Waals surface area contributed by atoms with Crippen LogP contribution in [0, 0.1) is 0 Å². The van der Waals surface area contributed by atoms with Gasteiger partial charge in [-0.25, -0.2) is 0 Å². The lowest BCUT2D eigenvalue weighted by molar-refractivity contribution is -0.125. The van der Waals surface area contributed by atoms with Crippen LogP contribution in [0.4, 0.5) is 0 Å². The van der Waals surface area contributed by atoms with Gasteiger partial charge in [0.25, 0.3) is 0 Å². The topological polar surface area (TPSA) is 58.2 Å². The summed E-state index contributed by atoms with van der Waals surface area (Å²) in [4.78, 5) is 22.2. The fourth-order valence-electron chi connectivity index (χ4n) is 1.96. The Morgan fingerprint density at radius 1 is 1.40 bits per heavy atom. The molecule has 2 rings (SSSR count). The van der Waals surface area contributed by atoms with E-state index in [-0.39, 0.29) is 17.9 Å². The first-order valence-electron chi connectivity index (χ1n) is 5.44. The maximum absolute atomic E-state index is 11.3. The lowest BCUT2D eigenvalue weighted by Crippen LogP contribution is -2.40.